The summed E-state index contributed by atoms with van der Waals surface area (Å²) in [6, 6.07) is 12.3. The van der Waals surface area contributed by atoms with Crippen LogP contribution in [-0.2, 0) is 10.0 Å². The summed E-state index contributed by atoms with van der Waals surface area (Å²) in [4.78, 5) is 1.28. The quantitative estimate of drug-likeness (QED) is 0.783. The number of sulfonamides is 1. The number of hydrogen-bond acceptors (Lipinski definition) is 4. The number of anilines is 1. The molecule has 0 saturated carbocycles. The maximum atomic E-state index is 12.8. The van der Waals surface area contributed by atoms with Crippen LogP contribution in [0.1, 0.15) is 5.56 Å². The van der Waals surface area contributed by atoms with Crippen molar-refractivity contribution in [3.63, 3.8) is 0 Å². The summed E-state index contributed by atoms with van der Waals surface area (Å²) < 4.78 is 32.1. The molecule has 4 nitrogen and oxygen atoms in total. The lowest BCUT2D eigenvalue weighted by Crippen LogP contribution is -2.27. The zero-order valence-electron chi connectivity index (χ0n) is 13.0. The summed E-state index contributed by atoms with van der Waals surface area (Å²) in [5, 5.41) is 0. The molecule has 0 bridgehead atoms. The largest absolute Gasteiger partial charge is 0.495 e. The van der Waals surface area contributed by atoms with Crippen LogP contribution in [0.4, 0.5) is 5.69 Å². The van der Waals surface area contributed by atoms with Crippen molar-refractivity contribution < 1.29 is 13.2 Å². The van der Waals surface area contributed by atoms with Crippen LogP contribution in [0.5, 0.6) is 5.75 Å². The van der Waals surface area contributed by atoms with Crippen LogP contribution >= 0.6 is 11.8 Å². The van der Waals surface area contributed by atoms with Crippen molar-refractivity contribution in [1.29, 1.82) is 0 Å². The number of nitrogens with zero attached hydrogens (tertiary/aromatic N) is 1. The maximum absolute atomic E-state index is 12.8. The molecule has 0 aliphatic heterocycles. The summed E-state index contributed by atoms with van der Waals surface area (Å²) in [5.41, 5.74) is 1.49. The number of rotatable bonds is 5. The Hall–Kier alpha value is -1.66. The van der Waals surface area contributed by atoms with E-state index in [1.165, 1.54) is 18.5 Å². The summed E-state index contributed by atoms with van der Waals surface area (Å²) >= 11 is 1.57. The highest BCUT2D eigenvalue weighted by molar-refractivity contribution is 7.98. The van der Waals surface area contributed by atoms with Gasteiger partial charge in [-0.25, -0.2) is 8.42 Å². The summed E-state index contributed by atoms with van der Waals surface area (Å²) in [6.45, 7) is 1.91. The molecule has 2 aromatic carbocycles. The van der Waals surface area contributed by atoms with Gasteiger partial charge in [0.15, 0.2) is 0 Å². The number of ether oxygens (including phenoxy) is 1. The number of hydrogen-bond donors (Lipinski definition) is 0. The Morgan fingerprint density at radius 1 is 1.09 bits per heavy atom. The predicted molar refractivity (Wildman–Crippen MR) is 91.5 cm³/mol. The monoisotopic (exact) mass is 337 g/mol. The van der Waals surface area contributed by atoms with Crippen molar-refractivity contribution in [3.05, 3.63) is 48.0 Å². The zero-order chi connectivity index (χ0) is 16.3. The normalized spacial score (nSPS) is 11.3. The van der Waals surface area contributed by atoms with Gasteiger partial charge >= 0.3 is 0 Å². The molecule has 22 heavy (non-hydrogen) atoms. The molecule has 0 spiro atoms. The van der Waals surface area contributed by atoms with E-state index < -0.39 is 10.0 Å². The summed E-state index contributed by atoms with van der Waals surface area (Å²) in [5.74, 6) is 0.525. The molecular weight excluding hydrogens is 318 g/mol. The number of thioether (sulfide) groups is 1. The minimum Gasteiger partial charge on any atom is -0.495 e. The van der Waals surface area contributed by atoms with Crippen LogP contribution < -0.4 is 9.04 Å². The Morgan fingerprint density at radius 3 is 2.27 bits per heavy atom. The minimum atomic E-state index is -3.62. The molecule has 0 amide bonds. The summed E-state index contributed by atoms with van der Waals surface area (Å²) in [7, 11) is -0.556. The molecule has 0 aromatic heterocycles. The molecule has 0 unspecified atom stereocenters. The molecular formula is C16H19NO3S2. The lowest BCUT2D eigenvalue weighted by molar-refractivity contribution is 0.415. The first-order valence-electron chi connectivity index (χ1n) is 6.67. The first-order valence-corrected chi connectivity index (χ1v) is 9.34. The SMILES string of the molecule is COc1ccc(C)cc1N(C)S(=O)(=O)c1ccc(SC)cc1. The topological polar surface area (TPSA) is 46.6 Å². The van der Waals surface area contributed by atoms with Crippen molar-refractivity contribution in [2.75, 3.05) is 24.7 Å². The fourth-order valence-corrected chi connectivity index (χ4v) is 3.69. The maximum Gasteiger partial charge on any atom is 0.264 e. The Kier molecular flexibility index (Phi) is 5.03. The molecule has 0 heterocycles. The van der Waals surface area contributed by atoms with Crippen molar-refractivity contribution in [1.82, 2.24) is 0 Å². The van der Waals surface area contributed by atoms with Crippen LogP contribution in [-0.4, -0.2) is 28.8 Å². The van der Waals surface area contributed by atoms with Gasteiger partial charge in [-0.15, -0.1) is 11.8 Å². The average Bonchev–Trinajstić information content (AvgIpc) is 2.54. The standard InChI is InChI=1S/C16H19NO3S2/c1-12-5-10-16(20-3)15(11-12)17(2)22(18,19)14-8-6-13(21-4)7-9-14/h5-11H,1-4H3. The van der Waals surface area contributed by atoms with E-state index in [1.807, 2.05) is 19.2 Å². The van der Waals surface area contributed by atoms with Crippen molar-refractivity contribution in [3.8, 4) is 5.75 Å². The van der Waals surface area contributed by atoms with Crippen LogP contribution in [0.2, 0.25) is 0 Å². The van der Waals surface area contributed by atoms with Gasteiger partial charge in [0.1, 0.15) is 5.75 Å². The van der Waals surface area contributed by atoms with E-state index in [1.54, 1.807) is 48.2 Å². The number of aryl methyl sites for hydroxylation is 1. The molecule has 6 heteroatoms. The Labute approximate surface area is 136 Å². The van der Waals surface area contributed by atoms with Crippen molar-refractivity contribution in [2.45, 2.75) is 16.7 Å². The van der Waals surface area contributed by atoms with Gasteiger partial charge in [-0.3, -0.25) is 4.31 Å². The highest BCUT2D eigenvalue weighted by Gasteiger charge is 2.23. The van der Waals surface area contributed by atoms with Crippen molar-refractivity contribution >= 4 is 27.5 Å². The lowest BCUT2D eigenvalue weighted by atomic mass is 10.2. The van der Waals surface area contributed by atoms with Gasteiger partial charge in [0.2, 0.25) is 0 Å². The molecule has 2 rings (SSSR count). The Bertz CT molecular complexity index is 755. The van der Waals surface area contributed by atoms with Gasteiger partial charge in [0.05, 0.1) is 17.7 Å². The molecule has 0 aliphatic carbocycles. The van der Waals surface area contributed by atoms with Gasteiger partial charge in [-0.1, -0.05) is 6.07 Å². The first kappa shape index (κ1) is 16.7. The minimum absolute atomic E-state index is 0.261. The van der Waals surface area contributed by atoms with Crippen molar-refractivity contribution in [2.24, 2.45) is 0 Å². The van der Waals surface area contributed by atoms with Gasteiger partial charge in [-0.05, 0) is 55.1 Å². The summed E-state index contributed by atoms with van der Waals surface area (Å²) in [6.07, 6.45) is 1.95. The first-order chi connectivity index (χ1) is 10.4. The third-order valence-corrected chi connectivity index (χ3v) is 5.92. The molecule has 2 aromatic rings. The van der Waals surface area contributed by atoms with Gasteiger partial charge in [-0.2, -0.15) is 0 Å². The smallest absolute Gasteiger partial charge is 0.264 e. The molecule has 0 N–H and O–H groups in total. The van der Waals surface area contributed by atoms with E-state index >= 15 is 0 Å². The molecule has 0 aliphatic rings. The molecule has 0 atom stereocenters. The van der Waals surface area contributed by atoms with Crippen LogP contribution in [0.15, 0.2) is 52.3 Å². The van der Waals surface area contributed by atoms with E-state index in [0.29, 0.717) is 11.4 Å². The second-order valence-electron chi connectivity index (χ2n) is 4.82. The van der Waals surface area contributed by atoms with E-state index in [9.17, 15) is 8.42 Å². The average molecular weight is 337 g/mol. The van der Waals surface area contributed by atoms with Gasteiger partial charge < -0.3 is 4.74 Å². The van der Waals surface area contributed by atoms with Gasteiger partial charge in [0.25, 0.3) is 10.0 Å². The Morgan fingerprint density at radius 2 is 1.73 bits per heavy atom. The fourth-order valence-electron chi connectivity index (χ4n) is 2.08. The molecule has 0 fully saturated rings. The Balaban J connectivity index is 2.46. The van der Waals surface area contributed by atoms with E-state index in [0.717, 1.165) is 10.5 Å². The van der Waals surface area contributed by atoms with E-state index in [-0.39, 0.29) is 4.90 Å². The van der Waals surface area contributed by atoms with Crippen LogP contribution in [0.25, 0.3) is 0 Å². The lowest BCUT2D eigenvalue weighted by Gasteiger charge is -2.22. The van der Waals surface area contributed by atoms with E-state index in [2.05, 4.69) is 0 Å². The third-order valence-electron chi connectivity index (χ3n) is 3.39. The second-order valence-corrected chi connectivity index (χ2v) is 7.67. The van der Waals surface area contributed by atoms with Crippen LogP contribution in [0, 0.1) is 6.92 Å². The fraction of sp³-hybridized carbons (Fsp3) is 0.250. The highest BCUT2D eigenvalue weighted by Crippen LogP contribution is 2.32. The highest BCUT2D eigenvalue weighted by atomic mass is 32.2. The molecule has 0 radical (unpaired) electrons. The van der Waals surface area contributed by atoms with Crippen LogP contribution in [0.3, 0.4) is 0 Å². The molecule has 0 saturated heterocycles. The molecule has 118 valence electrons. The predicted octanol–water partition coefficient (Wildman–Crippen LogP) is 3.55. The third kappa shape index (κ3) is 3.23. The zero-order valence-corrected chi connectivity index (χ0v) is 14.7. The van der Waals surface area contributed by atoms with Gasteiger partial charge in [0, 0.05) is 11.9 Å². The number of benzene rings is 2. The second kappa shape index (κ2) is 6.62. The van der Waals surface area contributed by atoms with E-state index in [4.69, 9.17) is 4.74 Å². The number of methoxy groups -OCH3 is 1.